The Balaban J connectivity index is 1.97. The first kappa shape index (κ1) is 18.1. The lowest BCUT2D eigenvalue weighted by Gasteiger charge is -2.16. The van der Waals surface area contributed by atoms with Gasteiger partial charge in [-0.25, -0.2) is 4.39 Å². The molecule has 1 atom stereocenters. The lowest BCUT2D eigenvalue weighted by molar-refractivity contribution is -0.136. The Morgan fingerprint density at radius 3 is 2.64 bits per heavy atom. The molecule has 0 radical (unpaired) electrons. The smallest absolute Gasteiger partial charge is 0.313 e. The number of rotatable bonds is 5. The number of nitriles is 1. The van der Waals surface area contributed by atoms with Gasteiger partial charge < -0.3 is 15.4 Å². The van der Waals surface area contributed by atoms with Gasteiger partial charge >= 0.3 is 11.8 Å². The quantitative estimate of drug-likeness (QED) is 0.815. The standard InChI is InChI=1S/C18H16FN3O3/c1-25-16(12-6-4-7-14(19)9-12)11-21-17(23)18(24)22-15-8-3-2-5-13(15)10-20/h2-9,16H,11H2,1H3,(H,21,23)(H,22,24)/t16-/m0/s1. The third-order valence-electron chi connectivity index (χ3n) is 3.45. The molecule has 128 valence electrons. The molecule has 2 aromatic rings. The number of amides is 2. The highest BCUT2D eigenvalue weighted by molar-refractivity contribution is 6.39. The molecule has 0 fully saturated rings. The maximum atomic E-state index is 13.3. The SMILES string of the molecule is CO[C@@H](CNC(=O)C(=O)Nc1ccccc1C#N)c1cccc(F)c1. The number of carbonyl (C=O) groups excluding carboxylic acids is 2. The number of hydrogen-bond donors (Lipinski definition) is 2. The van der Waals surface area contributed by atoms with Gasteiger partial charge in [0.1, 0.15) is 11.9 Å². The number of halogens is 1. The molecule has 0 bridgehead atoms. The molecule has 0 aliphatic rings. The molecule has 2 aromatic carbocycles. The van der Waals surface area contributed by atoms with Crippen LogP contribution in [0.2, 0.25) is 0 Å². The summed E-state index contributed by atoms with van der Waals surface area (Å²) in [7, 11) is 1.42. The van der Waals surface area contributed by atoms with E-state index < -0.39 is 23.7 Å². The number of nitrogens with one attached hydrogen (secondary N) is 2. The number of hydrogen-bond acceptors (Lipinski definition) is 4. The van der Waals surface area contributed by atoms with Gasteiger partial charge in [0.25, 0.3) is 0 Å². The molecule has 7 heteroatoms. The molecule has 25 heavy (non-hydrogen) atoms. The molecule has 0 unspecified atom stereocenters. The van der Waals surface area contributed by atoms with Crippen LogP contribution in [0.4, 0.5) is 10.1 Å². The van der Waals surface area contributed by atoms with Crippen molar-refractivity contribution in [2.75, 3.05) is 19.0 Å². The molecule has 0 spiro atoms. The lowest BCUT2D eigenvalue weighted by Crippen LogP contribution is -2.38. The fraction of sp³-hybridized carbons (Fsp3) is 0.167. The molecule has 0 heterocycles. The fourth-order valence-electron chi connectivity index (χ4n) is 2.18. The number of ether oxygens (including phenoxy) is 1. The number of benzene rings is 2. The zero-order valence-electron chi connectivity index (χ0n) is 13.5. The van der Waals surface area contributed by atoms with Crippen LogP contribution >= 0.6 is 0 Å². The largest absolute Gasteiger partial charge is 0.375 e. The second kappa shape index (κ2) is 8.57. The Morgan fingerprint density at radius 1 is 1.20 bits per heavy atom. The Bertz CT molecular complexity index is 817. The molecular weight excluding hydrogens is 325 g/mol. The van der Waals surface area contributed by atoms with E-state index in [1.54, 1.807) is 18.2 Å². The topological polar surface area (TPSA) is 91.2 Å². The van der Waals surface area contributed by atoms with E-state index in [1.807, 2.05) is 6.07 Å². The number of methoxy groups -OCH3 is 1. The van der Waals surface area contributed by atoms with E-state index in [-0.39, 0.29) is 17.8 Å². The summed E-state index contributed by atoms with van der Waals surface area (Å²) in [5.74, 6) is -2.21. The van der Waals surface area contributed by atoms with Gasteiger partial charge in [0.05, 0.1) is 17.4 Å². The van der Waals surface area contributed by atoms with Crippen molar-refractivity contribution < 1.29 is 18.7 Å². The molecule has 0 saturated heterocycles. The Labute approximate surface area is 144 Å². The average molecular weight is 341 g/mol. The van der Waals surface area contributed by atoms with Gasteiger partial charge in [0.2, 0.25) is 0 Å². The third-order valence-corrected chi connectivity index (χ3v) is 3.45. The number of nitrogens with zero attached hydrogens (tertiary/aromatic N) is 1. The van der Waals surface area contributed by atoms with E-state index in [9.17, 15) is 14.0 Å². The van der Waals surface area contributed by atoms with Crippen molar-refractivity contribution in [1.29, 1.82) is 5.26 Å². The van der Waals surface area contributed by atoms with Crippen molar-refractivity contribution in [3.8, 4) is 6.07 Å². The van der Waals surface area contributed by atoms with Gasteiger partial charge in [0.15, 0.2) is 0 Å². The summed E-state index contributed by atoms with van der Waals surface area (Å²) in [5.41, 5.74) is 1.04. The zero-order chi connectivity index (χ0) is 18.2. The molecule has 2 amide bonds. The highest BCUT2D eigenvalue weighted by Gasteiger charge is 2.18. The van der Waals surface area contributed by atoms with Crippen LogP contribution in [-0.4, -0.2) is 25.5 Å². The number of carbonyl (C=O) groups is 2. The first-order chi connectivity index (χ1) is 12.0. The van der Waals surface area contributed by atoms with Crippen LogP contribution in [0.25, 0.3) is 0 Å². The van der Waals surface area contributed by atoms with E-state index in [0.717, 1.165) is 0 Å². The average Bonchev–Trinajstić information content (AvgIpc) is 2.62. The lowest BCUT2D eigenvalue weighted by atomic mass is 10.1. The Hall–Kier alpha value is -3.24. The maximum absolute atomic E-state index is 13.3. The van der Waals surface area contributed by atoms with Crippen molar-refractivity contribution >= 4 is 17.5 Å². The van der Waals surface area contributed by atoms with Crippen LogP contribution in [0.3, 0.4) is 0 Å². The van der Waals surface area contributed by atoms with Crippen LogP contribution < -0.4 is 10.6 Å². The maximum Gasteiger partial charge on any atom is 0.313 e. The monoisotopic (exact) mass is 341 g/mol. The Morgan fingerprint density at radius 2 is 1.96 bits per heavy atom. The molecule has 2 N–H and O–H groups in total. The predicted octanol–water partition coefficient (Wildman–Crippen LogP) is 2.14. The van der Waals surface area contributed by atoms with Gasteiger partial charge in [-0.15, -0.1) is 0 Å². The van der Waals surface area contributed by atoms with E-state index in [0.29, 0.717) is 5.56 Å². The van der Waals surface area contributed by atoms with Crippen LogP contribution in [0.15, 0.2) is 48.5 Å². The van der Waals surface area contributed by atoms with Gasteiger partial charge in [-0.1, -0.05) is 24.3 Å². The second-order valence-electron chi connectivity index (χ2n) is 5.10. The molecular formula is C18H16FN3O3. The van der Waals surface area contributed by atoms with E-state index >= 15 is 0 Å². The van der Waals surface area contributed by atoms with E-state index in [2.05, 4.69) is 10.6 Å². The van der Waals surface area contributed by atoms with Crippen LogP contribution in [0.1, 0.15) is 17.2 Å². The molecule has 0 saturated carbocycles. The minimum absolute atomic E-state index is 0.00783. The van der Waals surface area contributed by atoms with Crippen molar-refractivity contribution in [1.82, 2.24) is 5.32 Å². The molecule has 2 rings (SSSR count). The van der Waals surface area contributed by atoms with Crippen molar-refractivity contribution in [3.63, 3.8) is 0 Å². The fourth-order valence-corrected chi connectivity index (χ4v) is 2.18. The molecule has 0 aliphatic heterocycles. The van der Waals surface area contributed by atoms with Gasteiger partial charge in [-0.3, -0.25) is 9.59 Å². The minimum Gasteiger partial charge on any atom is -0.375 e. The second-order valence-corrected chi connectivity index (χ2v) is 5.10. The third kappa shape index (κ3) is 4.86. The highest BCUT2D eigenvalue weighted by Crippen LogP contribution is 2.17. The predicted molar refractivity (Wildman–Crippen MR) is 88.9 cm³/mol. The van der Waals surface area contributed by atoms with Gasteiger partial charge in [-0.2, -0.15) is 5.26 Å². The van der Waals surface area contributed by atoms with Crippen molar-refractivity contribution in [3.05, 3.63) is 65.5 Å². The first-order valence-electron chi connectivity index (χ1n) is 7.41. The van der Waals surface area contributed by atoms with Gasteiger partial charge in [-0.05, 0) is 29.8 Å². The minimum atomic E-state index is -0.906. The normalized spacial score (nSPS) is 11.2. The van der Waals surface area contributed by atoms with E-state index in [4.69, 9.17) is 10.00 Å². The summed E-state index contributed by atoms with van der Waals surface area (Å²) in [4.78, 5) is 23.9. The van der Waals surface area contributed by atoms with Crippen molar-refractivity contribution in [2.45, 2.75) is 6.10 Å². The van der Waals surface area contributed by atoms with Gasteiger partial charge in [0, 0.05) is 13.7 Å². The van der Waals surface area contributed by atoms with Crippen LogP contribution in [0.5, 0.6) is 0 Å². The van der Waals surface area contributed by atoms with Crippen LogP contribution in [0, 0.1) is 17.1 Å². The van der Waals surface area contributed by atoms with Crippen LogP contribution in [-0.2, 0) is 14.3 Å². The summed E-state index contributed by atoms with van der Waals surface area (Å²) in [5, 5.41) is 13.8. The number of anilines is 1. The van der Waals surface area contributed by atoms with E-state index in [1.165, 1.54) is 37.4 Å². The Kier molecular flexibility index (Phi) is 6.20. The molecule has 6 nitrogen and oxygen atoms in total. The summed E-state index contributed by atoms with van der Waals surface area (Å²) >= 11 is 0. The summed E-state index contributed by atoms with van der Waals surface area (Å²) in [6.07, 6.45) is -0.598. The first-order valence-corrected chi connectivity index (χ1v) is 7.41. The van der Waals surface area contributed by atoms with Crippen molar-refractivity contribution in [2.24, 2.45) is 0 Å². The summed E-state index contributed by atoms with van der Waals surface area (Å²) in [6, 6.07) is 14.0. The summed E-state index contributed by atoms with van der Waals surface area (Å²) < 4.78 is 18.5. The molecule has 0 aromatic heterocycles. The zero-order valence-corrected chi connectivity index (χ0v) is 13.5. The number of para-hydroxylation sites is 1. The summed E-state index contributed by atoms with van der Waals surface area (Å²) in [6.45, 7) is -0.00783. The highest BCUT2D eigenvalue weighted by atomic mass is 19.1. The molecule has 0 aliphatic carbocycles.